The van der Waals surface area contributed by atoms with E-state index in [1.54, 1.807) is 0 Å². The van der Waals surface area contributed by atoms with Crippen LogP contribution in [0.15, 0.2) is 17.1 Å². The monoisotopic (exact) mass is 526 g/mol. The SMILES string of the molecule is CS(=O)(=O)OC1CNCCC12N=C(c1ccc(C(F)(F)F)nc1C1CC1)N(OS(C)(=O)=O)C2=O. The van der Waals surface area contributed by atoms with Gasteiger partial charge in [-0.05, 0) is 37.9 Å². The summed E-state index contributed by atoms with van der Waals surface area (Å²) in [5.74, 6) is -1.73. The van der Waals surface area contributed by atoms with Crippen LogP contribution in [0.5, 0.6) is 0 Å². The van der Waals surface area contributed by atoms with Gasteiger partial charge in [0.2, 0.25) is 0 Å². The summed E-state index contributed by atoms with van der Waals surface area (Å²) < 4.78 is 97.3. The molecule has 1 amide bonds. The summed E-state index contributed by atoms with van der Waals surface area (Å²) >= 11 is 0. The zero-order chi connectivity index (χ0) is 25.1. The zero-order valence-corrected chi connectivity index (χ0v) is 19.6. The van der Waals surface area contributed by atoms with Gasteiger partial charge in [0.15, 0.2) is 11.4 Å². The maximum Gasteiger partial charge on any atom is 0.433 e. The molecular weight excluding hydrogens is 505 g/mol. The maximum absolute atomic E-state index is 13.5. The van der Waals surface area contributed by atoms with Crippen molar-refractivity contribution < 1.29 is 43.3 Å². The topological polar surface area (TPSA) is 144 Å². The highest BCUT2D eigenvalue weighted by Crippen LogP contribution is 2.44. The summed E-state index contributed by atoms with van der Waals surface area (Å²) in [5, 5.41) is 3.27. The van der Waals surface area contributed by atoms with Gasteiger partial charge in [-0.2, -0.15) is 30.0 Å². The standard InChI is InChI=1S/C18H21F3N4O7S2/c1-33(27,28)31-13-9-22-8-7-17(13)16(26)25(32-34(2,29)30)15(24-17)11-5-6-12(18(19,20)21)23-14(11)10-3-4-10/h5-6,10,13,22H,3-4,7-9H2,1-2H3. The van der Waals surface area contributed by atoms with Crippen molar-refractivity contribution in [2.45, 2.75) is 43.0 Å². The summed E-state index contributed by atoms with van der Waals surface area (Å²) in [6, 6.07) is 1.76. The van der Waals surface area contributed by atoms with Gasteiger partial charge < -0.3 is 5.32 Å². The molecule has 0 radical (unpaired) electrons. The second kappa shape index (κ2) is 8.22. The summed E-state index contributed by atoms with van der Waals surface area (Å²) in [5.41, 5.74) is -3.04. The van der Waals surface area contributed by atoms with Crippen LogP contribution in [0.3, 0.4) is 0 Å². The fraction of sp³-hybridized carbons (Fsp3) is 0.611. The molecule has 3 heterocycles. The number of hydroxylamine groups is 2. The number of carbonyl (C=O) groups is 1. The van der Waals surface area contributed by atoms with Gasteiger partial charge in [-0.25, -0.2) is 9.98 Å². The van der Waals surface area contributed by atoms with E-state index in [0.29, 0.717) is 30.2 Å². The third kappa shape index (κ3) is 4.95. The molecule has 188 valence electrons. The summed E-state index contributed by atoms with van der Waals surface area (Å²) in [4.78, 5) is 21.6. The first-order chi connectivity index (χ1) is 15.6. The van der Waals surface area contributed by atoms with Gasteiger partial charge in [-0.3, -0.25) is 8.98 Å². The molecule has 1 spiro atoms. The Kier molecular flexibility index (Phi) is 6.04. The Bertz CT molecular complexity index is 1260. The number of nitrogens with zero attached hydrogens (tertiary/aromatic N) is 3. The Hall–Kier alpha value is -2.14. The smallest absolute Gasteiger partial charge is 0.314 e. The first-order valence-corrected chi connectivity index (χ1v) is 13.8. The molecule has 1 aliphatic carbocycles. The normalized spacial score (nSPS) is 26.3. The fourth-order valence-electron chi connectivity index (χ4n) is 3.96. The Morgan fingerprint density at radius 2 is 1.82 bits per heavy atom. The van der Waals surface area contributed by atoms with Gasteiger partial charge in [0, 0.05) is 18.0 Å². The van der Waals surface area contributed by atoms with Crippen LogP contribution in [0, 0.1) is 0 Å². The molecule has 1 aromatic heterocycles. The van der Waals surface area contributed by atoms with Crippen LogP contribution in [0.4, 0.5) is 13.2 Å². The molecular formula is C18H21F3N4O7S2. The molecule has 11 nitrogen and oxygen atoms in total. The number of carbonyl (C=O) groups excluding carboxylic acids is 1. The Morgan fingerprint density at radius 3 is 2.38 bits per heavy atom. The van der Waals surface area contributed by atoms with Gasteiger partial charge in [0.25, 0.3) is 26.1 Å². The molecule has 0 aromatic carbocycles. The quantitative estimate of drug-likeness (QED) is 0.525. The Balaban J connectivity index is 1.89. The molecule has 1 aromatic rings. The molecule has 34 heavy (non-hydrogen) atoms. The average molecular weight is 527 g/mol. The molecule has 1 saturated heterocycles. The highest BCUT2D eigenvalue weighted by atomic mass is 32.2. The number of hydrogen-bond donors (Lipinski definition) is 1. The van der Waals surface area contributed by atoms with Crippen molar-refractivity contribution >= 4 is 32.0 Å². The summed E-state index contributed by atoms with van der Waals surface area (Å²) in [7, 11) is -8.34. The van der Waals surface area contributed by atoms with E-state index in [0.717, 1.165) is 12.3 Å². The van der Waals surface area contributed by atoms with Crippen molar-refractivity contribution in [3.05, 3.63) is 29.1 Å². The number of rotatable bonds is 6. The van der Waals surface area contributed by atoms with E-state index in [1.165, 1.54) is 0 Å². The van der Waals surface area contributed by atoms with Crippen molar-refractivity contribution in [2.24, 2.45) is 4.99 Å². The maximum atomic E-state index is 13.5. The van der Waals surface area contributed by atoms with E-state index >= 15 is 0 Å². The third-order valence-electron chi connectivity index (χ3n) is 5.52. The minimum absolute atomic E-state index is 0.00459. The lowest BCUT2D eigenvalue weighted by Gasteiger charge is -2.36. The first-order valence-electron chi connectivity index (χ1n) is 10.1. The molecule has 2 atom stereocenters. The molecule has 3 aliphatic rings. The van der Waals surface area contributed by atoms with Crippen molar-refractivity contribution in [2.75, 3.05) is 25.6 Å². The molecule has 4 rings (SSSR count). The number of amidine groups is 1. The van der Waals surface area contributed by atoms with Gasteiger partial charge >= 0.3 is 6.18 Å². The number of alkyl halides is 3. The van der Waals surface area contributed by atoms with Crippen molar-refractivity contribution in [1.82, 2.24) is 15.4 Å². The predicted octanol–water partition coefficient (Wildman–Crippen LogP) is 0.535. The largest absolute Gasteiger partial charge is 0.433 e. The van der Waals surface area contributed by atoms with Crippen LogP contribution < -0.4 is 5.32 Å². The van der Waals surface area contributed by atoms with E-state index in [9.17, 15) is 34.8 Å². The number of aromatic nitrogens is 1. The van der Waals surface area contributed by atoms with E-state index < -0.39 is 49.7 Å². The predicted molar refractivity (Wildman–Crippen MR) is 110 cm³/mol. The van der Waals surface area contributed by atoms with Gasteiger partial charge in [0.05, 0.1) is 18.2 Å². The highest BCUT2D eigenvalue weighted by Gasteiger charge is 2.58. The number of halogens is 3. The van der Waals surface area contributed by atoms with Crippen LogP contribution in [0.2, 0.25) is 0 Å². The van der Waals surface area contributed by atoms with Crippen molar-refractivity contribution in [3.8, 4) is 0 Å². The molecule has 0 bridgehead atoms. The van der Waals surface area contributed by atoms with Gasteiger partial charge in [-0.1, -0.05) is 0 Å². The molecule has 1 saturated carbocycles. The third-order valence-corrected chi connectivity index (χ3v) is 6.52. The van der Waals surface area contributed by atoms with Gasteiger partial charge in [0.1, 0.15) is 11.8 Å². The average Bonchev–Trinajstić information content (AvgIpc) is 3.50. The minimum atomic E-state index is -4.72. The highest BCUT2D eigenvalue weighted by molar-refractivity contribution is 7.86. The second-order valence-corrected chi connectivity index (χ2v) is 11.5. The van der Waals surface area contributed by atoms with Crippen LogP contribution >= 0.6 is 0 Å². The van der Waals surface area contributed by atoms with Crippen LogP contribution in [0.1, 0.15) is 42.1 Å². The zero-order valence-electron chi connectivity index (χ0n) is 18.0. The van der Waals surface area contributed by atoms with Crippen LogP contribution in [-0.2, 0) is 39.7 Å². The summed E-state index contributed by atoms with van der Waals surface area (Å²) in [6.07, 6.45) is -3.58. The number of aliphatic imine (C=N–C) groups is 1. The van der Waals surface area contributed by atoms with Crippen molar-refractivity contribution in [3.63, 3.8) is 0 Å². The van der Waals surface area contributed by atoms with Gasteiger partial charge in [-0.15, -0.1) is 9.35 Å². The second-order valence-electron chi connectivity index (χ2n) is 8.38. The molecule has 2 unspecified atom stereocenters. The first kappa shape index (κ1) is 25.0. The fourth-order valence-corrected chi connectivity index (χ4v) is 5.02. The lowest BCUT2D eigenvalue weighted by atomic mass is 9.86. The Labute approximate surface area is 193 Å². The number of nitrogens with one attached hydrogen (secondary N) is 1. The summed E-state index contributed by atoms with van der Waals surface area (Å²) in [6.45, 7) is 0.0999. The van der Waals surface area contributed by atoms with E-state index in [-0.39, 0.29) is 42.5 Å². The number of pyridine rings is 1. The van der Waals surface area contributed by atoms with E-state index in [1.807, 2.05) is 0 Å². The molecule has 2 aliphatic heterocycles. The number of hydrogen-bond acceptors (Lipinski definition) is 10. The minimum Gasteiger partial charge on any atom is -0.314 e. The molecule has 1 N–H and O–H groups in total. The van der Waals surface area contributed by atoms with E-state index in [4.69, 9.17) is 8.47 Å². The van der Waals surface area contributed by atoms with Crippen LogP contribution in [-0.4, -0.2) is 75.9 Å². The van der Waals surface area contributed by atoms with Crippen molar-refractivity contribution in [1.29, 1.82) is 0 Å². The lowest BCUT2D eigenvalue weighted by molar-refractivity contribution is -0.150. The number of piperidine rings is 1. The molecule has 16 heteroatoms. The Morgan fingerprint density at radius 1 is 1.15 bits per heavy atom. The lowest BCUT2D eigenvalue weighted by Crippen LogP contribution is -2.59. The molecule has 2 fully saturated rings. The van der Waals surface area contributed by atoms with E-state index in [2.05, 4.69) is 15.3 Å². The van der Waals surface area contributed by atoms with Crippen LogP contribution in [0.25, 0.3) is 0 Å². The number of amides is 1.